The second-order valence-corrected chi connectivity index (χ2v) is 4.66. The van der Waals surface area contributed by atoms with Crippen LogP contribution in [0.2, 0.25) is 0 Å². The first kappa shape index (κ1) is 13.6. The SMILES string of the molecule is Cc1ccccc1O[C@@H](C)C(=O)NCC(C)C. The average Bonchev–Trinajstić information content (AvgIpc) is 2.28. The lowest BCUT2D eigenvalue weighted by molar-refractivity contribution is -0.127. The molecule has 3 heteroatoms. The molecule has 0 bridgehead atoms. The third-order valence-corrected chi connectivity index (χ3v) is 2.45. The maximum Gasteiger partial charge on any atom is 0.260 e. The number of carbonyl (C=O) groups excluding carboxylic acids is 1. The number of rotatable bonds is 5. The molecule has 0 unspecified atom stereocenters. The molecular formula is C14H21NO2. The van der Waals surface area contributed by atoms with Crippen molar-refractivity contribution in [3.05, 3.63) is 29.8 Å². The summed E-state index contributed by atoms with van der Waals surface area (Å²) in [7, 11) is 0. The molecule has 1 atom stereocenters. The lowest BCUT2D eigenvalue weighted by Crippen LogP contribution is -2.38. The zero-order valence-electron chi connectivity index (χ0n) is 11.0. The summed E-state index contributed by atoms with van der Waals surface area (Å²) in [5, 5.41) is 2.86. The number of benzene rings is 1. The molecule has 94 valence electrons. The van der Waals surface area contributed by atoms with E-state index in [0.29, 0.717) is 12.5 Å². The fourth-order valence-corrected chi connectivity index (χ4v) is 1.38. The van der Waals surface area contributed by atoms with Gasteiger partial charge in [-0.05, 0) is 31.4 Å². The second kappa shape index (κ2) is 6.28. The van der Waals surface area contributed by atoms with Gasteiger partial charge in [0, 0.05) is 6.54 Å². The number of ether oxygens (including phenoxy) is 1. The Bertz CT molecular complexity index is 374. The summed E-state index contributed by atoms with van der Waals surface area (Å²) >= 11 is 0. The van der Waals surface area contributed by atoms with Gasteiger partial charge in [-0.2, -0.15) is 0 Å². The largest absolute Gasteiger partial charge is 0.481 e. The van der Waals surface area contributed by atoms with E-state index in [0.717, 1.165) is 11.3 Å². The molecule has 0 aliphatic heterocycles. The van der Waals surface area contributed by atoms with E-state index in [1.807, 2.05) is 31.2 Å². The molecule has 1 aromatic rings. The normalized spacial score (nSPS) is 12.3. The third kappa shape index (κ3) is 4.47. The summed E-state index contributed by atoms with van der Waals surface area (Å²) in [5.41, 5.74) is 1.04. The Morgan fingerprint density at radius 3 is 2.53 bits per heavy atom. The van der Waals surface area contributed by atoms with Gasteiger partial charge in [0.15, 0.2) is 6.10 Å². The molecule has 0 fully saturated rings. The molecule has 0 aliphatic carbocycles. The van der Waals surface area contributed by atoms with Gasteiger partial charge in [-0.1, -0.05) is 32.0 Å². The Balaban J connectivity index is 2.51. The third-order valence-electron chi connectivity index (χ3n) is 2.45. The zero-order chi connectivity index (χ0) is 12.8. The molecule has 0 aromatic heterocycles. The summed E-state index contributed by atoms with van der Waals surface area (Å²) in [6, 6.07) is 7.70. The molecule has 1 amide bonds. The van der Waals surface area contributed by atoms with Crippen molar-refractivity contribution in [1.29, 1.82) is 0 Å². The van der Waals surface area contributed by atoms with Crippen molar-refractivity contribution < 1.29 is 9.53 Å². The van der Waals surface area contributed by atoms with E-state index < -0.39 is 6.10 Å². The summed E-state index contributed by atoms with van der Waals surface area (Å²) in [6.07, 6.45) is -0.463. The number of nitrogens with one attached hydrogen (secondary N) is 1. The highest BCUT2D eigenvalue weighted by Crippen LogP contribution is 2.17. The number of para-hydroxylation sites is 1. The van der Waals surface area contributed by atoms with E-state index in [4.69, 9.17) is 4.74 Å². The molecule has 1 rings (SSSR count). The lowest BCUT2D eigenvalue weighted by Gasteiger charge is -2.16. The molecule has 0 heterocycles. The van der Waals surface area contributed by atoms with E-state index >= 15 is 0 Å². The summed E-state index contributed by atoms with van der Waals surface area (Å²) in [5.74, 6) is 1.14. The van der Waals surface area contributed by atoms with Gasteiger partial charge in [-0.25, -0.2) is 0 Å². The van der Waals surface area contributed by atoms with Gasteiger partial charge in [-0.15, -0.1) is 0 Å². The van der Waals surface area contributed by atoms with Crippen LogP contribution >= 0.6 is 0 Å². The van der Waals surface area contributed by atoms with Crippen molar-refractivity contribution in [1.82, 2.24) is 5.32 Å². The van der Waals surface area contributed by atoms with Gasteiger partial charge in [0.25, 0.3) is 5.91 Å². The van der Waals surface area contributed by atoms with Crippen molar-refractivity contribution >= 4 is 5.91 Å². The monoisotopic (exact) mass is 235 g/mol. The quantitative estimate of drug-likeness (QED) is 0.851. The van der Waals surface area contributed by atoms with Gasteiger partial charge in [-0.3, -0.25) is 4.79 Å². The summed E-state index contributed by atoms with van der Waals surface area (Å²) in [4.78, 5) is 11.7. The van der Waals surface area contributed by atoms with Gasteiger partial charge < -0.3 is 10.1 Å². The van der Waals surface area contributed by atoms with Crippen LogP contribution in [0.25, 0.3) is 0 Å². The molecule has 0 radical (unpaired) electrons. The van der Waals surface area contributed by atoms with Crippen LogP contribution in [0.3, 0.4) is 0 Å². The summed E-state index contributed by atoms with van der Waals surface area (Å²) in [6.45, 7) is 8.54. The molecule has 0 saturated heterocycles. The molecule has 1 N–H and O–H groups in total. The fourth-order valence-electron chi connectivity index (χ4n) is 1.38. The van der Waals surface area contributed by atoms with Gasteiger partial charge in [0.2, 0.25) is 0 Å². The van der Waals surface area contributed by atoms with Gasteiger partial charge in [0.05, 0.1) is 0 Å². The highest BCUT2D eigenvalue weighted by atomic mass is 16.5. The first-order valence-corrected chi connectivity index (χ1v) is 6.00. The highest BCUT2D eigenvalue weighted by molar-refractivity contribution is 5.80. The second-order valence-electron chi connectivity index (χ2n) is 4.66. The molecule has 0 spiro atoms. The summed E-state index contributed by atoms with van der Waals surface area (Å²) < 4.78 is 5.63. The van der Waals surface area contributed by atoms with E-state index in [2.05, 4.69) is 19.2 Å². The number of hydrogen-bond acceptors (Lipinski definition) is 2. The van der Waals surface area contributed by atoms with Crippen LogP contribution < -0.4 is 10.1 Å². The minimum atomic E-state index is -0.463. The number of hydrogen-bond donors (Lipinski definition) is 1. The van der Waals surface area contributed by atoms with Crippen LogP contribution in [0.1, 0.15) is 26.3 Å². The van der Waals surface area contributed by atoms with Gasteiger partial charge >= 0.3 is 0 Å². The molecule has 0 saturated carbocycles. The van der Waals surface area contributed by atoms with E-state index in [-0.39, 0.29) is 5.91 Å². The van der Waals surface area contributed by atoms with Crippen LogP contribution in [-0.4, -0.2) is 18.6 Å². The maximum absolute atomic E-state index is 11.7. The van der Waals surface area contributed by atoms with Crippen LogP contribution in [-0.2, 0) is 4.79 Å². The molecule has 1 aromatic carbocycles. The topological polar surface area (TPSA) is 38.3 Å². The maximum atomic E-state index is 11.7. The number of aryl methyl sites for hydroxylation is 1. The van der Waals surface area contributed by atoms with Gasteiger partial charge in [0.1, 0.15) is 5.75 Å². The molecule has 0 aliphatic rings. The minimum Gasteiger partial charge on any atom is -0.481 e. The minimum absolute atomic E-state index is 0.0676. The zero-order valence-corrected chi connectivity index (χ0v) is 11.0. The van der Waals surface area contributed by atoms with Crippen molar-refractivity contribution in [2.75, 3.05) is 6.54 Å². The van der Waals surface area contributed by atoms with E-state index in [1.165, 1.54) is 0 Å². The Kier molecular flexibility index (Phi) is 5.01. The Hall–Kier alpha value is -1.51. The predicted molar refractivity (Wildman–Crippen MR) is 69.1 cm³/mol. The highest BCUT2D eigenvalue weighted by Gasteiger charge is 2.15. The van der Waals surface area contributed by atoms with Crippen LogP contribution in [0, 0.1) is 12.8 Å². The first-order chi connectivity index (χ1) is 8.00. The first-order valence-electron chi connectivity index (χ1n) is 6.00. The number of carbonyl (C=O) groups is 1. The fraction of sp³-hybridized carbons (Fsp3) is 0.500. The molecule has 3 nitrogen and oxygen atoms in total. The lowest BCUT2D eigenvalue weighted by atomic mass is 10.2. The van der Waals surface area contributed by atoms with E-state index in [9.17, 15) is 4.79 Å². The predicted octanol–water partition coefficient (Wildman–Crippen LogP) is 2.53. The van der Waals surface area contributed by atoms with Crippen molar-refractivity contribution in [2.24, 2.45) is 5.92 Å². The van der Waals surface area contributed by atoms with Crippen LogP contribution in [0.4, 0.5) is 0 Å². The van der Waals surface area contributed by atoms with Crippen LogP contribution in [0.5, 0.6) is 5.75 Å². The smallest absolute Gasteiger partial charge is 0.260 e. The average molecular weight is 235 g/mol. The van der Waals surface area contributed by atoms with Crippen molar-refractivity contribution in [3.8, 4) is 5.75 Å². The van der Waals surface area contributed by atoms with Crippen LogP contribution in [0.15, 0.2) is 24.3 Å². The Morgan fingerprint density at radius 2 is 1.94 bits per heavy atom. The van der Waals surface area contributed by atoms with Crippen molar-refractivity contribution in [2.45, 2.75) is 33.8 Å². The van der Waals surface area contributed by atoms with E-state index in [1.54, 1.807) is 6.92 Å². The van der Waals surface area contributed by atoms with Crippen molar-refractivity contribution in [3.63, 3.8) is 0 Å². The molecule has 17 heavy (non-hydrogen) atoms. The standard InChI is InChI=1S/C14H21NO2/c1-10(2)9-15-14(16)12(4)17-13-8-6-5-7-11(13)3/h5-8,10,12H,9H2,1-4H3,(H,15,16)/t12-/m0/s1. The number of amides is 1. The Labute approximate surface area is 103 Å². The molecular weight excluding hydrogens is 214 g/mol. The Morgan fingerprint density at radius 1 is 1.29 bits per heavy atom.